The maximum Gasteiger partial charge on any atom is 0.337 e. The third-order valence-corrected chi connectivity index (χ3v) is 3.05. The highest BCUT2D eigenvalue weighted by Crippen LogP contribution is 2.23. The quantitative estimate of drug-likeness (QED) is 0.649. The molecule has 3 N–H and O–H groups in total. The molecule has 2 rings (SSSR count). The molecule has 7 nitrogen and oxygen atoms in total. The standard InChI is InChI=1S/C9H6O2S.C2H5N3O2/c10-9(11)7-2-1-3-8-6(7)4-5-12-8;1-5(4-7)2(3)6/h1-5H,(H,10,11);1H3,(H2,3,6). The van der Waals surface area contributed by atoms with E-state index in [1.54, 1.807) is 23.5 Å². The lowest BCUT2D eigenvalue weighted by molar-refractivity contribution is 0.0699. The molecule has 19 heavy (non-hydrogen) atoms. The lowest BCUT2D eigenvalue weighted by Crippen LogP contribution is -2.26. The summed E-state index contributed by atoms with van der Waals surface area (Å²) in [5.41, 5.74) is 4.92. The number of urea groups is 1. The monoisotopic (exact) mass is 281 g/mol. The zero-order valence-corrected chi connectivity index (χ0v) is 10.8. The van der Waals surface area contributed by atoms with E-state index >= 15 is 0 Å². The number of nitrogens with zero attached hydrogens (tertiary/aromatic N) is 2. The SMILES string of the molecule is CN(N=O)C(N)=O.O=C(O)c1cccc2sccc12. The summed E-state index contributed by atoms with van der Waals surface area (Å²) in [5.74, 6) is -0.862. The average molecular weight is 281 g/mol. The maximum absolute atomic E-state index is 10.7. The van der Waals surface area contributed by atoms with Crippen molar-refractivity contribution in [1.82, 2.24) is 5.01 Å². The number of rotatable bonds is 2. The van der Waals surface area contributed by atoms with E-state index in [1.807, 2.05) is 17.5 Å². The zero-order chi connectivity index (χ0) is 14.4. The molecule has 0 spiro atoms. The Morgan fingerprint density at radius 3 is 2.53 bits per heavy atom. The number of hydrogen-bond donors (Lipinski definition) is 2. The van der Waals surface area contributed by atoms with Gasteiger partial charge in [0, 0.05) is 17.1 Å². The minimum Gasteiger partial charge on any atom is -0.478 e. The topological polar surface area (TPSA) is 113 Å². The number of nitrogens with two attached hydrogens (primary N) is 1. The van der Waals surface area contributed by atoms with Gasteiger partial charge in [0.25, 0.3) is 0 Å². The number of benzene rings is 1. The van der Waals surface area contributed by atoms with Gasteiger partial charge in [-0.3, -0.25) is 0 Å². The zero-order valence-electron chi connectivity index (χ0n) is 9.94. The van der Waals surface area contributed by atoms with E-state index in [4.69, 9.17) is 5.11 Å². The molecule has 0 aliphatic heterocycles. The molecule has 0 fully saturated rings. The van der Waals surface area contributed by atoms with Crippen molar-refractivity contribution in [2.75, 3.05) is 7.05 Å². The molecule has 100 valence electrons. The second-order valence-electron chi connectivity index (χ2n) is 3.39. The van der Waals surface area contributed by atoms with Crippen LogP contribution in [-0.2, 0) is 0 Å². The van der Waals surface area contributed by atoms with Crippen molar-refractivity contribution in [2.45, 2.75) is 0 Å². The molecule has 8 heteroatoms. The highest BCUT2D eigenvalue weighted by molar-refractivity contribution is 7.17. The van der Waals surface area contributed by atoms with Crippen molar-refractivity contribution in [3.8, 4) is 0 Å². The van der Waals surface area contributed by atoms with Crippen LogP contribution in [0.5, 0.6) is 0 Å². The molecule has 1 heterocycles. The number of thiophene rings is 1. The second-order valence-corrected chi connectivity index (χ2v) is 4.33. The minimum atomic E-state index is -0.862. The first-order valence-electron chi connectivity index (χ1n) is 5.03. The lowest BCUT2D eigenvalue weighted by Gasteiger charge is -1.97. The van der Waals surface area contributed by atoms with Gasteiger partial charge in [-0.2, -0.15) is 5.01 Å². The summed E-state index contributed by atoms with van der Waals surface area (Å²) in [6, 6.07) is 6.30. The number of nitroso groups, excluding NO2 is 1. The van der Waals surface area contributed by atoms with Gasteiger partial charge in [0.1, 0.15) is 0 Å². The van der Waals surface area contributed by atoms with Crippen LogP contribution in [0, 0.1) is 4.91 Å². The van der Waals surface area contributed by atoms with Crippen molar-refractivity contribution in [3.05, 3.63) is 40.1 Å². The second kappa shape index (κ2) is 6.45. The van der Waals surface area contributed by atoms with E-state index in [9.17, 15) is 14.5 Å². The Bertz CT molecular complexity index is 611. The van der Waals surface area contributed by atoms with E-state index in [1.165, 1.54) is 7.05 Å². The molecule has 0 unspecified atom stereocenters. The molecular weight excluding hydrogens is 270 g/mol. The lowest BCUT2D eigenvalue weighted by atomic mass is 10.1. The van der Waals surface area contributed by atoms with E-state index in [0.717, 1.165) is 10.1 Å². The summed E-state index contributed by atoms with van der Waals surface area (Å²) >= 11 is 1.56. The molecule has 1 aromatic heterocycles. The fourth-order valence-electron chi connectivity index (χ4n) is 1.22. The van der Waals surface area contributed by atoms with Crippen LogP contribution in [0.3, 0.4) is 0 Å². The van der Waals surface area contributed by atoms with Crippen molar-refractivity contribution < 1.29 is 14.7 Å². The average Bonchev–Trinajstić information content (AvgIpc) is 2.86. The van der Waals surface area contributed by atoms with Crippen molar-refractivity contribution in [3.63, 3.8) is 0 Å². The Balaban J connectivity index is 0.000000224. The molecule has 0 saturated heterocycles. The fraction of sp³-hybridized carbons (Fsp3) is 0.0909. The van der Waals surface area contributed by atoms with E-state index in [2.05, 4.69) is 11.0 Å². The summed E-state index contributed by atoms with van der Waals surface area (Å²) in [6.07, 6.45) is 0. The summed E-state index contributed by atoms with van der Waals surface area (Å²) < 4.78 is 1.02. The van der Waals surface area contributed by atoms with Gasteiger partial charge >= 0.3 is 12.0 Å². The molecule has 2 aromatic rings. The predicted molar refractivity (Wildman–Crippen MR) is 71.9 cm³/mol. The van der Waals surface area contributed by atoms with Crippen LogP contribution >= 0.6 is 11.3 Å². The highest BCUT2D eigenvalue weighted by Gasteiger charge is 2.07. The molecule has 0 aliphatic carbocycles. The smallest absolute Gasteiger partial charge is 0.337 e. The molecule has 0 aliphatic rings. The van der Waals surface area contributed by atoms with E-state index < -0.39 is 12.0 Å². The third-order valence-electron chi connectivity index (χ3n) is 2.17. The van der Waals surface area contributed by atoms with Gasteiger partial charge in [-0.1, -0.05) is 6.07 Å². The van der Waals surface area contributed by atoms with Gasteiger partial charge in [-0.15, -0.1) is 16.2 Å². The number of carboxylic acids is 1. The number of fused-ring (bicyclic) bond motifs is 1. The molecule has 0 atom stereocenters. The Labute approximate surface area is 112 Å². The minimum absolute atomic E-state index is 0.383. The largest absolute Gasteiger partial charge is 0.478 e. The molecule has 0 saturated carbocycles. The molecule has 0 bridgehead atoms. The van der Waals surface area contributed by atoms with Crippen LogP contribution in [0.1, 0.15) is 10.4 Å². The van der Waals surface area contributed by atoms with E-state index in [-0.39, 0.29) is 0 Å². The van der Waals surface area contributed by atoms with Gasteiger partial charge in [0.15, 0.2) is 0 Å². The normalized spacial score (nSPS) is 9.32. The van der Waals surface area contributed by atoms with Crippen molar-refractivity contribution >= 4 is 33.4 Å². The number of carbonyl (C=O) groups excluding carboxylic acids is 1. The third kappa shape index (κ3) is 3.75. The first-order valence-corrected chi connectivity index (χ1v) is 5.91. The number of aromatic carboxylic acids is 1. The van der Waals surface area contributed by atoms with Crippen LogP contribution in [0.15, 0.2) is 34.9 Å². The molecule has 1 aromatic carbocycles. The maximum atomic E-state index is 10.7. The van der Waals surface area contributed by atoms with Crippen LogP contribution in [-0.4, -0.2) is 29.2 Å². The van der Waals surface area contributed by atoms with Crippen molar-refractivity contribution in [1.29, 1.82) is 0 Å². The number of amides is 2. The predicted octanol–water partition coefficient (Wildman–Crippen LogP) is 2.28. The first kappa shape index (κ1) is 14.6. The van der Waals surface area contributed by atoms with Crippen LogP contribution in [0.4, 0.5) is 4.79 Å². The number of carbonyl (C=O) groups is 2. The van der Waals surface area contributed by atoms with E-state index in [0.29, 0.717) is 10.6 Å². The van der Waals surface area contributed by atoms with Gasteiger partial charge < -0.3 is 10.8 Å². The summed E-state index contributed by atoms with van der Waals surface area (Å²) in [4.78, 5) is 29.8. The Morgan fingerprint density at radius 2 is 2.05 bits per heavy atom. The fourth-order valence-corrected chi connectivity index (χ4v) is 2.03. The molecule has 2 amide bonds. The van der Waals surface area contributed by atoms with Gasteiger partial charge in [-0.05, 0) is 23.6 Å². The highest BCUT2D eigenvalue weighted by atomic mass is 32.1. The Hall–Kier alpha value is -2.48. The summed E-state index contributed by atoms with van der Waals surface area (Å²) in [5, 5.41) is 14.2. The first-order chi connectivity index (χ1) is 8.97. The molecule has 0 radical (unpaired) electrons. The number of hydrogen-bond acceptors (Lipinski definition) is 5. The van der Waals surface area contributed by atoms with Crippen LogP contribution < -0.4 is 5.73 Å². The van der Waals surface area contributed by atoms with Gasteiger partial charge in [-0.25, -0.2) is 9.59 Å². The summed E-state index contributed by atoms with van der Waals surface area (Å²) in [7, 11) is 1.18. The van der Waals surface area contributed by atoms with Gasteiger partial charge in [0.2, 0.25) is 0 Å². The number of primary amides is 1. The van der Waals surface area contributed by atoms with Crippen molar-refractivity contribution in [2.24, 2.45) is 11.0 Å². The number of carboxylic acid groups (broad SMARTS) is 1. The van der Waals surface area contributed by atoms with Gasteiger partial charge in [0.05, 0.1) is 10.8 Å². The summed E-state index contributed by atoms with van der Waals surface area (Å²) in [6.45, 7) is 0. The Kier molecular flexibility index (Phi) is 4.95. The molecular formula is C11H11N3O4S. The Morgan fingerprint density at radius 1 is 1.37 bits per heavy atom. The van der Waals surface area contributed by atoms with Crippen LogP contribution in [0.25, 0.3) is 10.1 Å². The van der Waals surface area contributed by atoms with Crippen LogP contribution in [0.2, 0.25) is 0 Å².